The molecule has 1 aromatic carbocycles. The molecule has 0 spiro atoms. The second kappa shape index (κ2) is 5.94. The Hall–Kier alpha value is -1.66. The van der Waals surface area contributed by atoms with Crippen LogP contribution in [-0.2, 0) is 0 Å². The maximum atomic E-state index is 12.8. The Bertz CT molecular complexity index is 391. The molecule has 0 aliphatic heterocycles. The molecule has 1 N–H and O–H groups in total. The third-order valence-corrected chi connectivity index (χ3v) is 1.99. The van der Waals surface area contributed by atoms with E-state index in [9.17, 15) is 4.39 Å². The quantitative estimate of drug-likeness (QED) is 0.764. The summed E-state index contributed by atoms with van der Waals surface area (Å²) in [6, 6.07) is 6.19. The summed E-state index contributed by atoms with van der Waals surface area (Å²) >= 11 is 0. The van der Waals surface area contributed by atoms with Gasteiger partial charge in [0.25, 0.3) is 0 Å². The van der Waals surface area contributed by atoms with Crippen LogP contribution in [0.2, 0.25) is 0 Å². The molecule has 0 aliphatic rings. The summed E-state index contributed by atoms with van der Waals surface area (Å²) in [5, 5.41) is 11.8. The first-order valence-electron chi connectivity index (χ1n) is 4.78. The molecular formula is C12H13FN2. The van der Waals surface area contributed by atoms with Gasteiger partial charge in [-0.15, -0.1) is 0 Å². The highest BCUT2D eigenvalue weighted by atomic mass is 19.1. The molecule has 2 nitrogen and oxygen atoms in total. The van der Waals surface area contributed by atoms with E-state index < -0.39 is 0 Å². The molecule has 78 valence electrons. The minimum absolute atomic E-state index is 0.371. The molecule has 1 aromatic rings. The lowest BCUT2D eigenvalue weighted by molar-refractivity contribution is 0.627. The lowest BCUT2D eigenvalue weighted by Gasteiger charge is -1.97. The smallest absolute Gasteiger partial charge is 0.124 e. The summed E-state index contributed by atoms with van der Waals surface area (Å²) in [5.74, 6) is -0.376. The molecule has 1 rings (SSSR count). The van der Waals surface area contributed by atoms with Crippen LogP contribution in [0.3, 0.4) is 0 Å². The Kier molecular flexibility index (Phi) is 4.52. The fourth-order valence-corrected chi connectivity index (χ4v) is 1.21. The van der Waals surface area contributed by atoms with Crippen LogP contribution in [0, 0.1) is 17.1 Å². The van der Waals surface area contributed by atoms with Crippen LogP contribution < -0.4 is 5.32 Å². The first-order valence-corrected chi connectivity index (χ1v) is 4.78. The fourth-order valence-electron chi connectivity index (χ4n) is 1.21. The van der Waals surface area contributed by atoms with Crippen LogP contribution in [0.1, 0.15) is 17.5 Å². The van der Waals surface area contributed by atoms with Crippen molar-refractivity contribution >= 4 is 6.08 Å². The van der Waals surface area contributed by atoms with Gasteiger partial charge in [-0.3, -0.25) is 0 Å². The summed E-state index contributed by atoms with van der Waals surface area (Å²) in [4.78, 5) is 0. The Morgan fingerprint density at radius 1 is 1.53 bits per heavy atom. The van der Waals surface area contributed by atoms with Gasteiger partial charge in [0.1, 0.15) is 5.82 Å². The number of hydrogen-bond donors (Lipinski definition) is 1. The van der Waals surface area contributed by atoms with E-state index in [0.717, 1.165) is 18.5 Å². The average Bonchev–Trinajstić information content (AvgIpc) is 2.26. The molecule has 3 heteroatoms. The predicted octanol–water partition coefficient (Wildman–Crippen LogP) is 2.32. The summed E-state index contributed by atoms with van der Waals surface area (Å²) in [7, 11) is 1.88. The maximum Gasteiger partial charge on any atom is 0.124 e. The molecule has 0 bridgehead atoms. The summed E-state index contributed by atoms with van der Waals surface area (Å²) in [6.07, 6.45) is 4.69. The van der Waals surface area contributed by atoms with Gasteiger partial charge >= 0.3 is 0 Å². The summed E-state index contributed by atoms with van der Waals surface area (Å²) in [6.45, 7) is 0.888. The Balaban J connectivity index is 2.77. The fraction of sp³-hybridized carbons (Fsp3) is 0.250. The highest BCUT2D eigenvalue weighted by molar-refractivity contribution is 5.57. The third-order valence-electron chi connectivity index (χ3n) is 1.99. The molecule has 0 amide bonds. The van der Waals surface area contributed by atoms with Crippen molar-refractivity contribution in [1.82, 2.24) is 5.32 Å². The van der Waals surface area contributed by atoms with Crippen LogP contribution >= 0.6 is 0 Å². The molecule has 15 heavy (non-hydrogen) atoms. The van der Waals surface area contributed by atoms with Crippen LogP contribution in [0.4, 0.5) is 4.39 Å². The number of nitrogens with one attached hydrogen (secondary N) is 1. The highest BCUT2D eigenvalue weighted by Gasteiger charge is 1.99. The van der Waals surface area contributed by atoms with Gasteiger partial charge in [-0.1, -0.05) is 18.2 Å². The molecule has 0 aliphatic carbocycles. The van der Waals surface area contributed by atoms with Crippen molar-refractivity contribution in [3.63, 3.8) is 0 Å². The van der Waals surface area contributed by atoms with E-state index in [-0.39, 0.29) is 5.82 Å². The van der Waals surface area contributed by atoms with Gasteiger partial charge in [0.05, 0.1) is 11.6 Å². The van der Waals surface area contributed by atoms with Gasteiger partial charge in [-0.2, -0.15) is 5.26 Å². The topological polar surface area (TPSA) is 35.8 Å². The van der Waals surface area contributed by atoms with E-state index in [1.807, 2.05) is 25.3 Å². The van der Waals surface area contributed by atoms with Crippen LogP contribution in [0.15, 0.2) is 24.3 Å². The van der Waals surface area contributed by atoms with E-state index >= 15 is 0 Å². The molecule has 0 saturated heterocycles. The number of halogens is 1. The molecule has 0 fully saturated rings. The zero-order valence-electron chi connectivity index (χ0n) is 8.63. The average molecular weight is 204 g/mol. The number of nitrogens with zero attached hydrogens (tertiary/aromatic N) is 1. The van der Waals surface area contributed by atoms with Gasteiger partial charge in [0.2, 0.25) is 0 Å². The molecule has 0 heterocycles. The Morgan fingerprint density at radius 2 is 2.33 bits per heavy atom. The summed E-state index contributed by atoms with van der Waals surface area (Å²) in [5.41, 5.74) is 1.13. The lowest BCUT2D eigenvalue weighted by Crippen LogP contribution is -2.05. The van der Waals surface area contributed by atoms with Crippen molar-refractivity contribution in [3.05, 3.63) is 41.2 Å². The van der Waals surface area contributed by atoms with Gasteiger partial charge in [0, 0.05) is 0 Å². The predicted molar refractivity (Wildman–Crippen MR) is 58.7 cm³/mol. The van der Waals surface area contributed by atoms with Gasteiger partial charge in [-0.05, 0) is 37.7 Å². The number of nitriles is 1. The molecule has 0 atom stereocenters. The van der Waals surface area contributed by atoms with Crippen molar-refractivity contribution in [3.8, 4) is 6.07 Å². The van der Waals surface area contributed by atoms with Crippen LogP contribution in [0.5, 0.6) is 0 Å². The first-order chi connectivity index (χ1) is 7.27. The van der Waals surface area contributed by atoms with Crippen molar-refractivity contribution in [2.24, 2.45) is 0 Å². The van der Waals surface area contributed by atoms with E-state index in [0.29, 0.717) is 5.56 Å². The van der Waals surface area contributed by atoms with E-state index in [1.165, 1.54) is 12.1 Å². The zero-order valence-corrected chi connectivity index (χ0v) is 8.63. The van der Waals surface area contributed by atoms with E-state index in [4.69, 9.17) is 5.26 Å². The standard InChI is InChI=1S/C12H13FN2/c1-15-7-3-2-4-10-5-6-12(13)8-11(10)9-14/h2,4-6,8,15H,3,7H2,1H3. The molecule has 0 saturated carbocycles. The second-order valence-corrected chi connectivity index (χ2v) is 3.14. The second-order valence-electron chi connectivity index (χ2n) is 3.14. The largest absolute Gasteiger partial charge is 0.319 e. The zero-order chi connectivity index (χ0) is 11.1. The van der Waals surface area contributed by atoms with Crippen molar-refractivity contribution in [2.45, 2.75) is 6.42 Å². The molecule has 0 aromatic heterocycles. The Labute approximate surface area is 89.0 Å². The van der Waals surface area contributed by atoms with Gasteiger partial charge in [-0.25, -0.2) is 4.39 Å². The maximum absolute atomic E-state index is 12.8. The minimum Gasteiger partial charge on any atom is -0.319 e. The van der Waals surface area contributed by atoms with Crippen molar-refractivity contribution in [1.29, 1.82) is 5.26 Å². The Morgan fingerprint density at radius 3 is 3.00 bits per heavy atom. The van der Waals surface area contributed by atoms with Gasteiger partial charge in [0.15, 0.2) is 0 Å². The third kappa shape index (κ3) is 3.53. The van der Waals surface area contributed by atoms with Crippen molar-refractivity contribution < 1.29 is 4.39 Å². The molecule has 0 unspecified atom stereocenters. The van der Waals surface area contributed by atoms with Crippen LogP contribution in [-0.4, -0.2) is 13.6 Å². The summed E-state index contributed by atoms with van der Waals surface area (Å²) < 4.78 is 12.8. The van der Waals surface area contributed by atoms with E-state index in [2.05, 4.69) is 5.32 Å². The lowest BCUT2D eigenvalue weighted by atomic mass is 10.1. The molecule has 0 radical (unpaired) electrons. The van der Waals surface area contributed by atoms with Gasteiger partial charge < -0.3 is 5.32 Å². The normalized spacial score (nSPS) is 10.5. The van der Waals surface area contributed by atoms with Crippen LogP contribution in [0.25, 0.3) is 6.08 Å². The monoisotopic (exact) mass is 204 g/mol. The number of rotatable bonds is 4. The number of hydrogen-bond acceptors (Lipinski definition) is 2. The highest BCUT2D eigenvalue weighted by Crippen LogP contribution is 2.12. The molecular weight excluding hydrogens is 191 g/mol. The SMILES string of the molecule is CNCCC=Cc1ccc(F)cc1C#N. The minimum atomic E-state index is -0.376. The van der Waals surface area contributed by atoms with Crippen molar-refractivity contribution in [2.75, 3.05) is 13.6 Å². The first kappa shape index (κ1) is 11.4. The van der Waals surface area contributed by atoms with E-state index in [1.54, 1.807) is 6.07 Å². The number of benzene rings is 1.